The van der Waals surface area contributed by atoms with E-state index in [2.05, 4.69) is 28.3 Å². The van der Waals surface area contributed by atoms with Gasteiger partial charge >= 0.3 is 0 Å². The Morgan fingerprint density at radius 1 is 1.29 bits per heavy atom. The fourth-order valence-corrected chi connectivity index (χ4v) is 3.23. The van der Waals surface area contributed by atoms with E-state index in [0.29, 0.717) is 0 Å². The molecule has 4 heteroatoms. The van der Waals surface area contributed by atoms with E-state index in [0.717, 1.165) is 40.8 Å². The maximum atomic E-state index is 13.5. The van der Waals surface area contributed by atoms with E-state index in [1.807, 2.05) is 18.3 Å². The van der Waals surface area contributed by atoms with Crippen LogP contribution in [0.5, 0.6) is 0 Å². The molecule has 2 aromatic heterocycles. The van der Waals surface area contributed by atoms with Gasteiger partial charge in [-0.1, -0.05) is 6.07 Å². The van der Waals surface area contributed by atoms with Crippen molar-refractivity contribution in [2.24, 2.45) is 0 Å². The van der Waals surface area contributed by atoms with Crippen LogP contribution >= 0.6 is 0 Å². The molecular formula is C17H16FN3. The molecule has 0 bridgehead atoms. The first kappa shape index (κ1) is 12.5. The van der Waals surface area contributed by atoms with Crippen molar-refractivity contribution in [1.82, 2.24) is 15.3 Å². The molecule has 0 aliphatic carbocycles. The van der Waals surface area contributed by atoms with Crippen molar-refractivity contribution in [1.29, 1.82) is 0 Å². The quantitative estimate of drug-likeness (QED) is 0.719. The molecule has 4 rings (SSSR count). The summed E-state index contributed by atoms with van der Waals surface area (Å²) < 4.78 is 13.5. The molecule has 1 aliphatic rings. The normalized spacial score (nSPS) is 17.9. The zero-order valence-electron chi connectivity index (χ0n) is 11.8. The number of nitrogens with zero attached hydrogens (tertiary/aromatic N) is 1. The number of hydrogen-bond donors (Lipinski definition) is 2. The summed E-state index contributed by atoms with van der Waals surface area (Å²) in [7, 11) is 0. The van der Waals surface area contributed by atoms with Crippen LogP contribution in [0.1, 0.15) is 28.6 Å². The van der Waals surface area contributed by atoms with Crippen molar-refractivity contribution in [3.05, 3.63) is 64.9 Å². The van der Waals surface area contributed by atoms with Crippen LogP contribution in [0.4, 0.5) is 4.39 Å². The summed E-state index contributed by atoms with van der Waals surface area (Å²) in [6.45, 7) is 2.94. The van der Waals surface area contributed by atoms with Gasteiger partial charge in [-0.3, -0.25) is 4.98 Å². The number of fused-ring (bicyclic) bond motifs is 3. The first-order chi connectivity index (χ1) is 10.2. The average Bonchev–Trinajstić information content (AvgIpc) is 2.86. The fourth-order valence-electron chi connectivity index (χ4n) is 3.23. The highest BCUT2D eigenvalue weighted by atomic mass is 19.1. The highest BCUT2D eigenvalue weighted by Gasteiger charge is 2.27. The summed E-state index contributed by atoms with van der Waals surface area (Å²) in [5.41, 5.74) is 5.50. The third-order valence-electron chi connectivity index (χ3n) is 4.24. The van der Waals surface area contributed by atoms with E-state index >= 15 is 0 Å². The Labute approximate surface area is 122 Å². The number of aryl methyl sites for hydroxylation is 1. The number of hydrogen-bond acceptors (Lipinski definition) is 2. The second-order valence-electron chi connectivity index (χ2n) is 5.55. The molecule has 21 heavy (non-hydrogen) atoms. The molecule has 3 nitrogen and oxygen atoms in total. The number of H-pyrrole nitrogens is 1. The van der Waals surface area contributed by atoms with E-state index in [4.69, 9.17) is 0 Å². The van der Waals surface area contributed by atoms with Crippen molar-refractivity contribution in [3.8, 4) is 0 Å². The Hall–Kier alpha value is -2.20. The first-order valence-corrected chi connectivity index (χ1v) is 7.19. The molecule has 0 spiro atoms. The van der Waals surface area contributed by atoms with Crippen LogP contribution in [-0.4, -0.2) is 16.5 Å². The fraction of sp³-hybridized carbons (Fsp3) is 0.235. The van der Waals surface area contributed by atoms with Gasteiger partial charge in [0.1, 0.15) is 5.82 Å². The average molecular weight is 281 g/mol. The third-order valence-corrected chi connectivity index (χ3v) is 4.24. The van der Waals surface area contributed by atoms with Gasteiger partial charge in [0, 0.05) is 29.3 Å². The second kappa shape index (κ2) is 4.67. The summed E-state index contributed by atoms with van der Waals surface area (Å²) in [6.07, 6.45) is 2.72. The second-order valence-corrected chi connectivity index (χ2v) is 5.55. The number of rotatable bonds is 1. The van der Waals surface area contributed by atoms with Gasteiger partial charge in [0.05, 0.1) is 11.7 Å². The van der Waals surface area contributed by atoms with E-state index < -0.39 is 0 Å². The van der Waals surface area contributed by atoms with Crippen LogP contribution in [0.2, 0.25) is 0 Å². The van der Waals surface area contributed by atoms with Gasteiger partial charge in [-0.05, 0) is 48.7 Å². The summed E-state index contributed by atoms with van der Waals surface area (Å²) in [6, 6.07) is 9.00. The van der Waals surface area contributed by atoms with Crippen molar-refractivity contribution in [2.75, 3.05) is 6.54 Å². The lowest BCUT2D eigenvalue weighted by atomic mass is 9.95. The monoisotopic (exact) mass is 281 g/mol. The van der Waals surface area contributed by atoms with Crippen LogP contribution in [0.3, 0.4) is 0 Å². The Bertz CT molecular complexity index is 822. The number of aromatic amines is 1. The maximum absolute atomic E-state index is 13.5. The summed E-state index contributed by atoms with van der Waals surface area (Å²) in [5, 5.41) is 4.51. The molecule has 1 aliphatic heterocycles. The van der Waals surface area contributed by atoms with E-state index in [-0.39, 0.29) is 11.9 Å². The van der Waals surface area contributed by atoms with Gasteiger partial charge in [-0.2, -0.15) is 0 Å². The predicted octanol–water partition coefficient (Wildman–Crippen LogP) is 3.25. The zero-order chi connectivity index (χ0) is 14.4. The smallest absolute Gasteiger partial charge is 0.123 e. The number of aromatic nitrogens is 2. The summed E-state index contributed by atoms with van der Waals surface area (Å²) >= 11 is 0. The minimum absolute atomic E-state index is 0.0467. The largest absolute Gasteiger partial charge is 0.357 e. The molecule has 0 saturated carbocycles. The number of halogens is 1. The van der Waals surface area contributed by atoms with Crippen molar-refractivity contribution in [3.63, 3.8) is 0 Å². The first-order valence-electron chi connectivity index (χ1n) is 7.19. The lowest BCUT2D eigenvalue weighted by Gasteiger charge is -2.25. The van der Waals surface area contributed by atoms with Crippen LogP contribution < -0.4 is 5.32 Å². The number of nitrogens with one attached hydrogen (secondary N) is 2. The molecule has 106 valence electrons. The van der Waals surface area contributed by atoms with Crippen LogP contribution in [0.25, 0.3) is 10.9 Å². The van der Waals surface area contributed by atoms with Crippen molar-refractivity contribution >= 4 is 10.9 Å². The van der Waals surface area contributed by atoms with Crippen LogP contribution in [0, 0.1) is 12.7 Å². The minimum atomic E-state index is -0.187. The molecular weight excluding hydrogens is 265 g/mol. The maximum Gasteiger partial charge on any atom is 0.123 e. The van der Waals surface area contributed by atoms with Gasteiger partial charge in [-0.15, -0.1) is 0 Å². The van der Waals surface area contributed by atoms with Gasteiger partial charge in [0.25, 0.3) is 0 Å². The molecule has 1 aromatic carbocycles. The van der Waals surface area contributed by atoms with Gasteiger partial charge < -0.3 is 10.3 Å². The molecule has 0 amide bonds. The molecule has 2 N–H and O–H groups in total. The van der Waals surface area contributed by atoms with Crippen molar-refractivity contribution in [2.45, 2.75) is 19.4 Å². The van der Waals surface area contributed by atoms with Crippen LogP contribution in [0.15, 0.2) is 36.5 Å². The number of benzene rings is 1. The Morgan fingerprint density at radius 3 is 3.05 bits per heavy atom. The summed E-state index contributed by atoms with van der Waals surface area (Å²) in [5.74, 6) is -0.187. The molecule has 0 saturated heterocycles. The van der Waals surface area contributed by atoms with E-state index in [1.54, 1.807) is 6.07 Å². The molecule has 1 unspecified atom stereocenters. The Balaban J connectivity index is 1.92. The van der Waals surface area contributed by atoms with Crippen molar-refractivity contribution < 1.29 is 4.39 Å². The summed E-state index contributed by atoms with van der Waals surface area (Å²) in [4.78, 5) is 7.98. The topological polar surface area (TPSA) is 40.7 Å². The highest BCUT2D eigenvalue weighted by Crippen LogP contribution is 2.33. The zero-order valence-corrected chi connectivity index (χ0v) is 11.8. The SMILES string of the molecule is Cc1cccnc1C1NCCc2c1[nH]c1ccc(F)cc21. The minimum Gasteiger partial charge on any atom is -0.357 e. The van der Waals surface area contributed by atoms with Gasteiger partial charge in [-0.25, -0.2) is 4.39 Å². The molecule has 3 heterocycles. The van der Waals surface area contributed by atoms with Gasteiger partial charge in [0.15, 0.2) is 0 Å². The van der Waals surface area contributed by atoms with Crippen LogP contribution in [-0.2, 0) is 6.42 Å². The standard InChI is InChI=1S/C17H16FN3/c1-10-3-2-7-19-15(10)17-16-12(6-8-20-17)13-9-11(18)4-5-14(13)21-16/h2-5,7,9,17,20-21H,6,8H2,1H3. The van der Waals surface area contributed by atoms with E-state index in [1.165, 1.54) is 11.6 Å². The van der Waals surface area contributed by atoms with Gasteiger partial charge in [0.2, 0.25) is 0 Å². The highest BCUT2D eigenvalue weighted by molar-refractivity contribution is 5.85. The molecule has 0 radical (unpaired) electrons. The molecule has 0 fully saturated rings. The number of pyridine rings is 1. The lowest BCUT2D eigenvalue weighted by molar-refractivity contribution is 0.547. The lowest BCUT2D eigenvalue weighted by Crippen LogP contribution is -2.31. The molecule has 3 aromatic rings. The van der Waals surface area contributed by atoms with E-state index in [9.17, 15) is 4.39 Å². The predicted molar refractivity (Wildman–Crippen MR) is 80.8 cm³/mol. The third kappa shape index (κ3) is 1.94. The molecule has 1 atom stereocenters. The Morgan fingerprint density at radius 2 is 2.19 bits per heavy atom. The Kier molecular flexibility index (Phi) is 2.79.